The lowest BCUT2D eigenvalue weighted by Crippen LogP contribution is -2.23. The number of anilines is 1. The molecular weight excluding hydrogens is 292 g/mol. The smallest absolute Gasteiger partial charge is 0.228 e. The summed E-state index contributed by atoms with van der Waals surface area (Å²) < 4.78 is 28.2. The zero-order valence-corrected chi connectivity index (χ0v) is 12.8. The van der Waals surface area contributed by atoms with Crippen LogP contribution in [0.3, 0.4) is 0 Å². The Kier molecular flexibility index (Phi) is 4.84. The lowest BCUT2D eigenvalue weighted by atomic mass is 10.1. The molecule has 6 nitrogen and oxygen atoms in total. The van der Waals surface area contributed by atoms with Gasteiger partial charge in [-0.1, -0.05) is 0 Å². The van der Waals surface area contributed by atoms with Gasteiger partial charge in [-0.2, -0.15) is 0 Å². The third-order valence-electron chi connectivity index (χ3n) is 3.45. The number of carbonyl (C=O) groups is 1. The highest BCUT2D eigenvalue weighted by Gasteiger charge is 2.32. The Morgan fingerprint density at radius 2 is 2.24 bits per heavy atom. The molecule has 1 atom stereocenters. The van der Waals surface area contributed by atoms with E-state index in [1.807, 2.05) is 6.92 Å². The predicted molar refractivity (Wildman–Crippen MR) is 80.9 cm³/mol. The normalized spacial score (nSPS) is 20.2. The van der Waals surface area contributed by atoms with Gasteiger partial charge in [0, 0.05) is 17.8 Å². The molecule has 0 spiro atoms. The molecule has 0 aromatic heterocycles. The van der Waals surface area contributed by atoms with Gasteiger partial charge < -0.3 is 15.8 Å². The summed E-state index contributed by atoms with van der Waals surface area (Å²) in [5.74, 6) is -0.0188. The molecule has 0 radical (unpaired) electrons. The monoisotopic (exact) mass is 312 g/mol. The Balaban J connectivity index is 2.07. The maximum absolute atomic E-state index is 12.1. The molecule has 116 valence electrons. The molecule has 1 saturated heterocycles. The van der Waals surface area contributed by atoms with E-state index in [2.05, 4.69) is 5.32 Å². The lowest BCUT2D eigenvalue weighted by molar-refractivity contribution is -0.119. The third kappa shape index (κ3) is 3.95. The van der Waals surface area contributed by atoms with E-state index in [9.17, 15) is 13.2 Å². The first-order valence-corrected chi connectivity index (χ1v) is 8.74. The van der Waals surface area contributed by atoms with Crippen molar-refractivity contribution >= 4 is 21.4 Å². The maximum Gasteiger partial charge on any atom is 0.228 e. The minimum atomic E-state index is -3.06. The first-order valence-electron chi connectivity index (χ1n) is 6.92. The van der Waals surface area contributed by atoms with Crippen molar-refractivity contribution in [2.45, 2.75) is 19.9 Å². The van der Waals surface area contributed by atoms with Gasteiger partial charge in [0.1, 0.15) is 5.75 Å². The molecular formula is C14H20N2O4S. The van der Waals surface area contributed by atoms with Gasteiger partial charge in [0.15, 0.2) is 9.84 Å². The van der Waals surface area contributed by atoms with Gasteiger partial charge in [0.25, 0.3) is 0 Å². The lowest BCUT2D eigenvalue weighted by Gasteiger charge is -2.13. The maximum atomic E-state index is 12.1. The highest BCUT2D eigenvalue weighted by Crippen LogP contribution is 2.24. The number of benzene rings is 1. The number of nitrogens with two attached hydrogens (primary N) is 1. The van der Waals surface area contributed by atoms with Crippen LogP contribution in [0.5, 0.6) is 5.75 Å². The van der Waals surface area contributed by atoms with Crippen molar-refractivity contribution in [3.63, 3.8) is 0 Å². The van der Waals surface area contributed by atoms with Gasteiger partial charge in [-0.15, -0.1) is 0 Å². The van der Waals surface area contributed by atoms with Crippen molar-refractivity contribution in [1.29, 1.82) is 0 Å². The van der Waals surface area contributed by atoms with Crippen LogP contribution in [0.15, 0.2) is 18.2 Å². The number of amides is 1. The second kappa shape index (κ2) is 6.44. The molecule has 1 amide bonds. The summed E-state index contributed by atoms with van der Waals surface area (Å²) in [5.41, 5.74) is 7.07. The Bertz CT molecular complexity index is 628. The molecule has 1 heterocycles. The van der Waals surface area contributed by atoms with E-state index in [1.165, 1.54) is 0 Å². The first kappa shape index (κ1) is 15.8. The quantitative estimate of drug-likeness (QED) is 0.842. The average molecular weight is 312 g/mol. The summed E-state index contributed by atoms with van der Waals surface area (Å²) in [6.45, 7) is 2.73. The number of hydrogen-bond acceptors (Lipinski definition) is 5. The molecule has 1 aliphatic heterocycles. The molecule has 0 aliphatic carbocycles. The molecule has 1 unspecified atom stereocenters. The van der Waals surface area contributed by atoms with Crippen molar-refractivity contribution in [2.24, 2.45) is 11.7 Å². The van der Waals surface area contributed by atoms with Crippen LogP contribution in [0.1, 0.15) is 18.9 Å². The van der Waals surface area contributed by atoms with Crippen LogP contribution in [-0.4, -0.2) is 32.4 Å². The van der Waals surface area contributed by atoms with E-state index in [0.29, 0.717) is 31.0 Å². The number of ether oxygens (including phenoxy) is 1. The van der Waals surface area contributed by atoms with Crippen LogP contribution in [-0.2, 0) is 21.2 Å². The highest BCUT2D eigenvalue weighted by molar-refractivity contribution is 7.91. The van der Waals surface area contributed by atoms with Crippen molar-refractivity contribution in [1.82, 2.24) is 0 Å². The standard InChI is InChI=1S/C14H20N2O4S/c1-2-20-13-4-3-12(7-11(13)8-15)16-14(17)10-5-6-21(18,19)9-10/h3-4,7,10H,2,5-6,8-9,15H2,1H3,(H,16,17). The summed E-state index contributed by atoms with van der Waals surface area (Å²) in [5, 5.41) is 2.75. The summed E-state index contributed by atoms with van der Waals surface area (Å²) in [4.78, 5) is 12.1. The van der Waals surface area contributed by atoms with Crippen LogP contribution < -0.4 is 15.8 Å². The predicted octanol–water partition coefficient (Wildman–Crippen LogP) is 0.917. The average Bonchev–Trinajstić information content (AvgIpc) is 2.81. The van der Waals surface area contributed by atoms with Crippen LogP contribution in [0.4, 0.5) is 5.69 Å². The topological polar surface area (TPSA) is 98.5 Å². The fourth-order valence-corrected chi connectivity index (χ4v) is 4.10. The largest absolute Gasteiger partial charge is 0.494 e. The molecule has 2 rings (SSSR count). The van der Waals surface area contributed by atoms with E-state index >= 15 is 0 Å². The zero-order chi connectivity index (χ0) is 15.5. The molecule has 1 aliphatic rings. The highest BCUT2D eigenvalue weighted by atomic mass is 32.2. The molecule has 7 heteroatoms. The number of sulfone groups is 1. The molecule has 1 fully saturated rings. The fraction of sp³-hybridized carbons (Fsp3) is 0.500. The van der Waals surface area contributed by atoms with Crippen molar-refractivity contribution in [3.05, 3.63) is 23.8 Å². The summed E-state index contributed by atoms with van der Waals surface area (Å²) >= 11 is 0. The molecule has 3 N–H and O–H groups in total. The number of rotatable bonds is 5. The van der Waals surface area contributed by atoms with Crippen LogP contribution in [0, 0.1) is 5.92 Å². The Morgan fingerprint density at radius 1 is 1.48 bits per heavy atom. The van der Waals surface area contributed by atoms with E-state index in [4.69, 9.17) is 10.5 Å². The van der Waals surface area contributed by atoms with E-state index < -0.39 is 15.8 Å². The molecule has 0 saturated carbocycles. The van der Waals surface area contributed by atoms with Crippen molar-refractivity contribution in [3.8, 4) is 5.75 Å². The van der Waals surface area contributed by atoms with Gasteiger partial charge in [0.2, 0.25) is 5.91 Å². The Labute approximate surface area is 124 Å². The SMILES string of the molecule is CCOc1ccc(NC(=O)C2CCS(=O)(=O)C2)cc1CN. The fourth-order valence-electron chi connectivity index (χ4n) is 2.36. The summed E-state index contributed by atoms with van der Waals surface area (Å²) in [6, 6.07) is 5.24. The van der Waals surface area contributed by atoms with Crippen molar-refractivity contribution in [2.75, 3.05) is 23.4 Å². The molecule has 1 aromatic carbocycles. The van der Waals surface area contributed by atoms with Gasteiger partial charge in [-0.3, -0.25) is 4.79 Å². The molecule has 0 bridgehead atoms. The first-order chi connectivity index (χ1) is 9.95. The molecule has 1 aromatic rings. The third-order valence-corrected chi connectivity index (χ3v) is 5.22. The number of nitrogens with one attached hydrogen (secondary N) is 1. The second-order valence-electron chi connectivity index (χ2n) is 5.05. The van der Waals surface area contributed by atoms with Gasteiger partial charge in [0.05, 0.1) is 24.0 Å². The zero-order valence-electron chi connectivity index (χ0n) is 12.0. The second-order valence-corrected chi connectivity index (χ2v) is 7.28. The summed E-state index contributed by atoms with van der Waals surface area (Å²) in [6.07, 6.45) is 0.384. The van der Waals surface area contributed by atoms with Gasteiger partial charge >= 0.3 is 0 Å². The number of hydrogen-bond donors (Lipinski definition) is 2. The van der Waals surface area contributed by atoms with Crippen LogP contribution in [0.25, 0.3) is 0 Å². The van der Waals surface area contributed by atoms with Gasteiger partial charge in [-0.25, -0.2) is 8.42 Å². The van der Waals surface area contributed by atoms with Gasteiger partial charge in [-0.05, 0) is 31.5 Å². The minimum absolute atomic E-state index is 0.0698. The van der Waals surface area contributed by atoms with Crippen molar-refractivity contribution < 1.29 is 17.9 Å². The van der Waals surface area contributed by atoms with Crippen LogP contribution >= 0.6 is 0 Å². The Morgan fingerprint density at radius 3 is 2.81 bits per heavy atom. The van der Waals surface area contributed by atoms with E-state index in [1.54, 1.807) is 18.2 Å². The van der Waals surface area contributed by atoms with E-state index in [0.717, 1.165) is 5.56 Å². The number of carbonyl (C=O) groups excluding carboxylic acids is 1. The Hall–Kier alpha value is -1.60. The summed E-state index contributed by atoms with van der Waals surface area (Å²) in [7, 11) is -3.06. The minimum Gasteiger partial charge on any atom is -0.494 e. The van der Waals surface area contributed by atoms with Crippen LogP contribution in [0.2, 0.25) is 0 Å². The molecule has 21 heavy (non-hydrogen) atoms. The van der Waals surface area contributed by atoms with E-state index in [-0.39, 0.29) is 17.4 Å².